The largest absolute Gasteiger partial charge is 0.506 e. The maximum atomic E-state index is 12.9. The van der Waals surface area contributed by atoms with Crippen LogP contribution in [0.15, 0.2) is 36.4 Å². The van der Waals surface area contributed by atoms with Crippen molar-refractivity contribution in [2.45, 2.75) is 31.6 Å². The molecular weight excluding hydrogens is 493 g/mol. The Morgan fingerprint density at radius 1 is 1.11 bits per heavy atom. The smallest absolute Gasteiger partial charge is 0.416 e. The van der Waals surface area contributed by atoms with Gasteiger partial charge in [0.25, 0.3) is 5.91 Å². The van der Waals surface area contributed by atoms with Crippen molar-refractivity contribution in [2.24, 2.45) is 17.4 Å². The molecule has 200 valence electrons. The average molecular weight is 523 g/mol. The van der Waals surface area contributed by atoms with Crippen molar-refractivity contribution in [2.75, 3.05) is 30.7 Å². The number of carbonyl (C=O) groups excluding carboxylic acids is 3. The number of Topliss-reactive ketones (excluding diaryl/α,β-unsaturated/α-hetero) is 1. The van der Waals surface area contributed by atoms with Crippen LogP contribution in [0, 0.1) is 5.92 Å². The summed E-state index contributed by atoms with van der Waals surface area (Å²) >= 11 is 0. The standard InChI is InChI=1S/C24H29F3N6O4/c25-24(26,27)15-2-3-17(28)16(10-15)22(36)31-11-20(35)21(29)14-5-7-33(8-6-14)12-13-1-4-19(34)18(9-13)32-23(30)37/h1-4,9-10,14,21,34H,5-8,11-12,28-29H2,(H,31,36)(H3,30,32,37). The summed E-state index contributed by atoms with van der Waals surface area (Å²) in [5.41, 5.74) is 16.4. The second-order valence-corrected chi connectivity index (χ2v) is 8.93. The molecule has 0 aromatic heterocycles. The Kier molecular flexibility index (Phi) is 8.61. The van der Waals surface area contributed by atoms with Crippen LogP contribution in [-0.2, 0) is 17.5 Å². The molecular formula is C24H29F3N6O4. The summed E-state index contributed by atoms with van der Waals surface area (Å²) in [5, 5.41) is 14.5. The predicted molar refractivity (Wildman–Crippen MR) is 130 cm³/mol. The molecule has 3 rings (SSSR count). The van der Waals surface area contributed by atoms with Gasteiger partial charge in [0.1, 0.15) is 5.75 Å². The molecule has 2 aromatic carbocycles. The third kappa shape index (κ3) is 7.33. The SMILES string of the molecule is NC(=O)Nc1cc(CN2CCC(C(N)C(=O)CNC(=O)c3cc(C(F)(F)F)ccc3N)CC2)ccc1O. The first kappa shape index (κ1) is 27.7. The number of benzene rings is 2. The molecule has 1 unspecified atom stereocenters. The zero-order chi connectivity index (χ0) is 27.3. The second kappa shape index (κ2) is 11.5. The normalized spacial score (nSPS) is 15.7. The molecule has 37 heavy (non-hydrogen) atoms. The summed E-state index contributed by atoms with van der Waals surface area (Å²) in [6.07, 6.45) is -3.40. The number of primary amides is 1. The number of piperidine rings is 1. The number of amides is 3. The molecule has 1 aliphatic heterocycles. The molecule has 1 atom stereocenters. The molecule has 0 aliphatic carbocycles. The lowest BCUT2D eigenvalue weighted by Crippen LogP contribution is -2.47. The minimum absolute atomic E-state index is 0.103. The topological polar surface area (TPSA) is 177 Å². The molecule has 0 bridgehead atoms. The third-order valence-electron chi connectivity index (χ3n) is 6.29. The van der Waals surface area contributed by atoms with E-state index in [0.29, 0.717) is 38.5 Å². The Hall–Kier alpha value is -3.84. The number of hydrogen-bond donors (Lipinski definition) is 6. The highest BCUT2D eigenvalue weighted by atomic mass is 19.4. The number of nitrogens with one attached hydrogen (secondary N) is 2. The van der Waals surface area contributed by atoms with Gasteiger partial charge in [-0.2, -0.15) is 13.2 Å². The molecule has 2 aromatic rings. The van der Waals surface area contributed by atoms with E-state index < -0.39 is 42.0 Å². The highest BCUT2D eigenvalue weighted by molar-refractivity contribution is 6.01. The van der Waals surface area contributed by atoms with Gasteiger partial charge in [-0.25, -0.2) is 4.79 Å². The van der Waals surface area contributed by atoms with Crippen LogP contribution >= 0.6 is 0 Å². The fraction of sp³-hybridized carbons (Fsp3) is 0.375. The number of rotatable bonds is 8. The number of ketones is 1. The van der Waals surface area contributed by atoms with E-state index in [-0.39, 0.29) is 28.6 Å². The van der Waals surface area contributed by atoms with Crippen molar-refractivity contribution in [3.63, 3.8) is 0 Å². The maximum absolute atomic E-state index is 12.9. The van der Waals surface area contributed by atoms with Crippen LogP contribution in [0.1, 0.15) is 34.3 Å². The van der Waals surface area contributed by atoms with E-state index in [0.717, 1.165) is 17.7 Å². The van der Waals surface area contributed by atoms with Crippen LogP contribution in [0.25, 0.3) is 0 Å². The first-order valence-corrected chi connectivity index (χ1v) is 11.5. The van der Waals surface area contributed by atoms with Crippen molar-refractivity contribution in [1.82, 2.24) is 10.2 Å². The quantitative estimate of drug-likeness (QED) is 0.227. The first-order valence-electron chi connectivity index (χ1n) is 11.5. The Morgan fingerprint density at radius 3 is 2.41 bits per heavy atom. The Morgan fingerprint density at radius 2 is 1.78 bits per heavy atom. The number of hydrogen-bond acceptors (Lipinski definition) is 7. The molecule has 1 aliphatic rings. The number of alkyl halides is 3. The average Bonchev–Trinajstić information content (AvgIpc) is 2.83. The van der Waals surface area contributed by atoms with Gasteiger partial charge < -0.3 is 32.9 Å². The minimum atomic E-state index is -4.64. The van der Waals surface area contributed by atoms with E-state index in [1.54, 1.807) is 12.1 Å². The number of urea groups is 1. The number of nitrogen functional groups attached to an aromatic ring is 1. The molecule has 1 heterocycles. The minimum Gasteiger partial charge on any atom is -0.506 e. The molecule has 0 radical (unpaired) electrons. The lowest BCUT2D eigenvalue weighted by Gasteiger charge is -2.34. The predicted octanol–water partition coefficient (Wildman–Crippen LogP) is 2.02. The summed E-state index contributed by atoms with van der Waals surface area (Å²) in [6.45, 7) is 1.38. The van der Waals surface area contributed by atoms with Crippen molar-refractivity contribution in [3.8, 4) is 5.75 Å². The molecule has 1 saturated heterocycles. The number of likely N-dealkylation sites (tertiary alicyclic amines) is 1. The number of anilines is 2. The van der Waals surface area contributed by atoms with Crippen LogP contribution in [0.5, 0.6) is 5.75 Å². The number of carbonyl (C=O) groups is 3. The Bertz CT molecular complexity index is 1170. The Balaban J connectivity index is 1.50. The third-order valence-corrected chi connectivity index (χ3v) is 6.29. The van der Waals surface area contributed by atoms with E-state index in [4.69, 9.17) is 17.2 Å². The molecule has 0 saturated carbocycles. The van der Waals surface area contributed by atoms with Crippen molar-refractivity contribution in [3.05, 3.63) is 53.1 Å². The summed E-state index contributed by atoms with van der Waals surface area (Å²) in [7, 11) is 0. The lowest BCUT2D eigenvalue weighted by molar-refractivity contribution is -0.137. The number of nitrogens with two attached hydrogens (primary N) is 3. The van der Waals surface area contributed by atoms with Gasteiger partial charge in [0, 0.05) is 12.2 Å². The molecule has 9 N–H and O–H groups in total. The summed E-state index contributed by atoms with van der Waals surface area (Å²) in [6, 6.07) is 5.59. The molecule has 10 nitrogen and oxygen atoms in total. The molecule has 0 spiro atoms. The highest BCUT2D eigenvalue weighted by Crippen LogP contribution is 2.31. The van der Waals surface area contributed by atoms with Crippen molar-refractivity contribution in [1.29, 1.82) is 0 Å². The van der Waals surface area contributed by atoms with Gasteiger partial charge >= 0.3 is 12.2 Å². The number of halogens is 3. The van der Waals surface area contributed by atoms with Gasteiger partial charge in [-0.05, 0) is 67.7 Å². The number of aromatic hydroxyl groups is 1. The summed E-state index contributed by atoms with van der Waals surface area (Å²) in [4.78, 5) is 38.2. The van der Waals surface area contributed by atoms with Gasteiger partial charge in [0.2, 0.25) is 0 Å². The Labute approximate surface area is 211 Å². The molecule has 1 fully saturated rings. The van der Waals surface area contributed by atoms with Crippen molar-refractivity contribution >= 4 is 29.1 Å². The van der Waals surface area contributed by atoms with Gasteiger partial charge in [0.05, 0.1) is 29.4 Å². The zero-order valence-electron chi connectivity index (χ0n) is 19.8. The highest BCUT2D eigenvalue weighted by Gasteiger charge is 2.32. The maximum Gasteiger partial charge on any atom is 0.416 e. The van der Waals surface area contributed by atoms with E-state index >= 15 is 0 Å². The fourth-order valence-electron chi connectivity index (χ4n) is 4.22. The number of phenols is 1. The zero-order valence-corrected chi connectivity index (χ0v) is 19.8. The summed E-state index contributed by atoms with van der Waals surface area (Å²) in [5.74, 6) is -1.56. The van der Waals surface area contributed by atoms with E-state index in [1.165, 1.54) is 6.07 Å². The number of nitrogens with zero attached hydrogens (tertiary/aromatic N) is 1. The van der Waals surface area contributed by atoms with Gasteiger partial charge in [-0.15, -0.1) is 0 Å². The second-order valence-electron chi connectivity index (χ2n) is 8.93. The number of phenolic OH excluding ortho intramolecular Hbond substituents is 1. The van der Waals surface area contributed by atoms with Crippen LogP contribution in [0.2, 0.25) is 0 Å². The molecule has 3 amide bonds. The van der Waals surface area contributed by atoms with Gasteiger partial charge in [-0.1, -0.05) is 6.07 Å². The van der Waals surface area contributed by atoms with Crippen LogP contribution < -0.4 is 27.8 Å². The van der Waals surface area contributed by atoms with E-state index in [9.17, 15) is 32.7 Å². The van der Waals surface area contributed by atoms with E-state index in [2.05, 4.69) is 15.5 Å². The molecule has 13 heteroatoms. The monoisotopic (exact) mass is 522 g/mol. The van der Waals surface area contributed by atoms with Gasteiger partial charge in [-0.3, -0.25) is 14.5 Å². The van der Waals surface area contributed by atoms with Gasteiger partial charge in [0.15, 0.2) is 5.78 Å². The van der Waals surface area contributed by atoms with E-state index in [1.807, 2.05) is 0 Å². The fourth-order valence-corrected chi connectivity index (χ4v) is 4.22. The lowest BCUT2D eigenvalue weighted by atomic mass is 9.87. The van der Waals surface area contributed by atoms with Crippen LogP contribution in [-0.4, -0.2) is 53.4 Å². The van der Waals surface area contributed by atoms with Crippen molar-refractivity contribution < 1.29 is 32.7 Å². The first-order chi connectivity index (χ1) is 17.3. The van der Waals surface area contributed by atoms with Crippen LogP contribution in [0.4, 0.5) is 29.3 Å². The van der Waals surface area contributed by atoms with Crippen LogP contribution in [0.3, 0.4) is 0 Å². The summed E-state index contributed by atoms with van der Waals surface area (Å²) < 4.78 is 38.8.